The summed E-state index contributed by atoms with van der Waals surface area (Å²) in [6.45, 7) is 0.700. The average Bonchev–Trinajstić information content (AvgIpc) is 3.44. The normalized spacial score (nSPS) is 26.4. The predicted octanol–water partition coefficient (Wildman–Crippen LogP) is 5.54. The first-order valence-corrected chi connectivity index (χ1v) is 10.6. The molecule has 3 saturated carbocycles. The molecule has 0 saturated heterocycles. The molecule has 2 aromatic heterocycles. The van der Waals surface area contributed by atoms with Crippen LogP contribution in [-0.2, 0) is 30.0 Å². The third kappa shape index (κ3) is 3.43. The molecule has 2 bridgehead atoms. The standard InChI is InChI=1S/C22H22F5N5O/c1-19(23,24)18-28-16(31-33-18)20-7-10-21(11-8-20,12-9-20)17-30-29-15(32(17)2)13-5-3-4-6-14(13)22(25,26)27/h3-6H,7-12H2,1-2H3/i3T,4T. The first-order chi connectivity index (χ1) is 16.3. The zero-order chi connectivity index (χ0) is 25.4. The average molecular weight is 471 g/mol. The fourth-order valence-corrected chi connectivity index (χ4v) is 5.30. The van der Waals surface area contributed by atoms with Crippen molar-refractivity contribution in [1.29, 1.82) is 0 Å². The molecule has 0 spiro atoms. The Morgan fingerprint density at radius 3 is 2.15 bits per heavy atom. The largest absolute Gasteiger partial charge is 0.417 e. The Balaban J connectivity index is 1.47. The number of hydrogen-bond donors (Lipinski definition) is 0. The summed E-state index contributed by atoms with van der Waals surface area (Å²) in [6, 6.07) is 0.774. The fraction of sp³-hybridized carbons (Fsp3) is 0.545. The molecule has 3 aliphatic rings. The number of hydrogen-bond acceptors (Lipinski definition) is 5. The van der Waals surface area contributed by atoms with Crippen molar-refractivity contribution in [1.82, 2.24) is 24.9 Å². The first-order valence-electron chi connectivity index (χ1n) is 11.6. The highest BCUT2D eigenvalue weighted by Crippen LogP contribution is 2.58. The Morgan fingerprint density at radius 2 is 1.58 bits per heavy atom. The van der Waals surface area contributed by atoms with Gasteiger partial charge in [-0.15, -0.1) is 10.2 Å². The van der Waals surface area contributed by atoms with Gasteiger partial charge in [-0.25, -0.2) is 0 Å². The summed E-state index contributed by atoms with van der Waals surface area (Å²) in [4.78, 5) is 3.98. The van der Waals surface area contributed by atoms with E-state index >= 15 is 0 Å². The minimum Gasteiger partial charge on any atom is -0.333 e. The molecule has 11 heteroatoms. The SMILES string of the molecule is [3H]c1cc(-c2nnc(C34CCC(c5noc(C(C)(F)F)n5)(CC3)CC4)n2C)c(C(F)(F)F)cc1[3H]. The van der Waals surface area contributed by atoms with E-state index < -0.39 is 40.4 Å². The maximum absolute atomic E-state index is 13.7. The minimum atomic E-state index is -4.72. The van der Waals surface area contributed by atoms with Gasteiger partial charge in [0.1, 0.15) is 5.82 Å². The lowest BCUT2D eigenvalue weighted by molar-refractivity contribution is -0.137. The van der Waals surface area contributed by atoms with E-state index in [0.29, 0.717) is 57.3 Å². The van der Waals surface area contributed by atoms with E-state index in [0.717, 1.165) is 6.07 Å². The maximum Gasteiger partial charge on any atom is 0.417 e. The van der Waals surface area contributed by atoms with Crippen LogP contribution in [0.25, 0.3) is 11.4 Å². The van der Waals surface area contributed by atoms with Crippen molar-refractivity contribution in [2.24, 2.45) is 7.05 Å². The molecule has 33 heavy (non-hydrogen) atoms. The molecule has 0 N–H and O–H groups in total. The number of rotatable bonds is 4. The van der Waals surface area contributed by atoms with Gasteiger partial charge in [-0.1, -0.05) is 23.3 Å². The first kappa shape index (κ1) is 19.6. The van der Waals surface area contributed by atoms with Crippen molar-refractivity contribution in [2.75, 3.05) is 0 Å². The summed E-state index contributed by atoms with van der Waals surface area (Å²) in [6.07, 6.45) is -1.07. The number of benzene rings is 1. The van der Waals surface area contributed by atoms with E-state index in [2.05, 4.69) is 20.3 Å². The van der Waals surface area contributed by atoms with Gasteiger partial charge in [0.15, 0.2) is 11.6 Å². The molecule has 6 nitrogen and oxygen atoms in total. The number of aromatic nitrogens is 5. The summed E-state index contributed by atoms with van der Waals surface area (Å²) in [7, 11) is 1.60. The Labute approximate surface area is 189 Å². The molecular formula is C22H22F5N5O. The molecule has 176 valence electrons. The summed E-state index contributed by atoms with van der Waals surface area (Å²) >= 11 is 0. The number of nitrogens with zero attached hydrogens (tertiary/aromatic N) is 5. The molecule has 1 aromatic carbocycles. The second kappa shape index (κ2) is 7.07. The minimum absolute atomic E-state index is 0.0226. The highest BCUT2D eigenvalue weighted by atomic mass is 19.4. The molecule has 6 rings (SSSR count). The van der Waals surface area contributed by atoms with Crippen LogP contribution in [0.3, 0.4) is 0 Å². The molecule has 3 aromatic rings. The van der Waals surface area contributed by atoms with Crippen molar-refractivity contribution >= 4 is 0 Å². The van der Waals surface area contributed by atoms with E-state index in [4.69, 9.17) is 7.26 Å². The third-order valence-electron chi connectivity index (χ3n) is 7.22. The molecule has 3 aliphatic carbocycles. The predicted molar refractivity (Wildman–Crippen MR) is 106 cm³/mol. The van der Waals surface area contributed by atoms with Gasteiger partial charge >= 0.3 is 12.1 Å². The van der Waals surface area contributed by atoms with Crippen molar-refractivity contribution in [2.45, 2.75) is 68.4 Å². The van der Waals surface area contributed by atoms with Gasteiger partial charge in [0.25, 0.3) is 5.89 Å². The molecule has 0 unspecified atom stereocenters. The zero-order valence-electron chi connectivity index (χ0n) is 19.9. The van der Waals surface area contributed by atoms with E-state index in [1.54, 1.807) is 7.05 Å². The lowest BCUT2D eigenvalue weighted by Gasteiger charge is -2.51. The molecule has 0 atom stereocenters. The molecule has 0 radical (unpaired) electrons. The van der Waals surface area contributed by atoms with Gasteiger partial charge in [-0.3, -0.25) is 0 Å². The van der Waals surface area contributed by atoms with Crippen molar-refractivity contribution < 1.29 is 29.2 Å². The van der Waals surface area contributed by atoms with Gasteiger partial charge in [0, 0.05) is 30.4 Å². The van der Waals surface area contributed by atoms with Gasteiger partial charge in [0.2, 0.25) is 0 Å². The maximum atomic E-state index is 13.7. The van der Waals surface area contributed by atoms with Crippen molar-refractivity contribution in [3.05, 3.63) is 47.3 Å². The van der Waals surface area contributed by atoms with Gasteiger partial charge in [-0.2, -0.15) is 26.9 Å². The smallest absolute Gasteiger partial charge is 0.333 e. The molecule has 2 heterocycles. The number of fused-ring (bicyclic) bond motifs is 3. The van der Waals surface area contributed by atoms with Crippen LogP contribution < -0.4 is 0 Å². The highest BCUT2D eigenvalue weighted by Gasteiger charge is 2.54. The van der Waals surface area contributed by atoms with Gasteiger partial charge < -0.3 is 9.09 Å². The third-order valence-corrected chi connectivity index (χ3v) is 7.22. The number of halogens is 5. The Kier molecular flexibility index (Phi) is 4.20. The monoisotopic (exact) mass is 471 g/mol. The summed E-state index contributed by atoms with van der Waals surface area (Å²) in [5, 5.41) is 12.2. The Hall–Kier alpha value is -2.85. The van der Waals surface area contributed by atoms with Crippen LogP contribution >= 0.6 is 0 Å². The van der Waals surface area contributed by atoms with Gasteiger partial charge in [-0.05, 0) is 44.6 Å². The van der Waals surface area contributed by atoms with Crippen LogP contribution in [0.5, 0.6) is 0 Å². The Bertz CT molecular complexity index is 1270. The Morgan fingerprint density at radius 1 is 0.970 bits per heavy atom. The highest BCUT2D eigenvalue weighted by molar-refractivity contribution is 5.61. The summed E-state index contributed by atoms with van der Waals surface area (Å²) in [5.41, 5.74) is -2.24. The second-order valence-electron chi connectivity index (χ2n) is 9.18. The summed E-state index contributed by atoms with van der Waals surface area (Å²) in [5.74, 6) is -3.14. The van der Waals surface area contributed by atoms with Crippen LogP contribution in [-0.4, -0.2) is 24.9 Å². The van der Waals surface area contributed by atoms with Crippen molar-refractivity contribution in [3.8, 4) is 11.4 Å². The fourth-order valence-electron chi connectivity index (χ4n) is 5.30. The quantitative estimate of drug-likeness (QED) is 0.468. The topological polar surface area (TPSA) is 69.6 Å². The van der Waals surface area contributed by atoms with E-state index in [-0.39, 0.29) is 23.3 Å². The second-order valence-corrected chi connectivity index (χ2v) is 9.18. The molecule has 0 amide bonds. The molecule has 0 aliphatic heterocycles. The zero-order valence-corrected chi connectivity index (χ0v) is 17.9. The van der Waals surface area contributed by atoms with Crippen LogP contribution in [0.4, 0.5) is 22.0 Å². The summed E-state index contributed by atoms with van der Waals surface area (Å²) < 4.78 is 90.1. The van der Waals surface area contributed by atoms with Crippen LogP contribution in [0, 0.1) is 0 Å². The van der Waals surface area contributed by atoms with E-state index in [1.807, 2.05) is 0 Å². The van der Waals surface area contributed by atoms with Crippen LogP contribution in [0.1, 0.15) is 71.3 Å². The molecular weight excluding hydrogens is 445 g/mol. The van der Waals surface area contributed by atoms with E-state index in [9.17, 15) is 22.0 Å². The lowest BCUT2D eigenvalue weighted by Crippen LogP contribution is -2.48. The molecule has 3 fully saturated rings. The lowest BCUT2D eigenvalue weighted by atomic mass is 9.53. The number of alkyl halides is 5. The van der Waals surface area contributed by atoms with E-state index in [1.165, 1.54) is 4.57 Å². The van der Waals surface area contributed by atoms with Gasteiger partial charge in [0.05, 0.1) is 8.30 Å². The van der Waals surface area contributed by atoms with Crippen molar-refractivity contribution in [3.63, 3.8) is 0 Å². The van der Waals surface area contributed by atoms with Crippen LogP contribution in [0.15, 0.2) is 28.7 Å². The van der Waals surface area contributed by atoms with Crippen LogP contribution in [0.2, 0.25) is 0 Å².